The number of hydrogen-bond acceptors (Lipinski definition) is 3. The standard InChI is InChI=1S/C13H7N3/c14-5-9-1-3-10(4-2-9)13-12-8-15-6-11(12)7-16-13/h1-4,6-8H. The maximum Gasteiger partial charge on any atom is 0.0991 e. The molecule has 3 nitrogen and oxygen atoms in total. The Bertz CT molecular complexity index is 608. The average molecular weight is 205 g/mol. The normalized spacial score (nSPS) is 16.3. The first-order valence-electron chi connectivity index (χ1n) is 4.91. The molecule has 0 bridgehead atoms. The summed E-state index contributed by atoms with van der Waals surface area (Å²) in [5, 5.41) is 8.72. The summed E-state index contributed by atoms with van der Waals surface area (Å²) in [4.78, 5) is 8.45. The van der Waals surface area contributed by atoms with Crippen molar-refractivity contribution in [3.05, 3.63) is 58.9 Å². The van der Waals surface area contributed by atoms with Gasteiger partial charge in [-0.15, -0.1) is 0 Å². The monoisotopic (exact) mass is 205 g/mol. The smallest absolute Gasteiger partial charge is 0.0991 e. The van der Waals surface area contributed by atoms with E-state index in [-0.39, 0.29) is 0 Å². The van der Waals surface area contributed by atoms with E-state index in [1.807, 2.05) is 24.5 Å². The largest absolute Gasteiger partial charge is 0.263 e. The van der Waals surface area contributed by atoms with E-state index in [0.717, 1.165) is 22.4 Å². The Hall–Kier alpha value is -2.47. The summed E-state index contributed by atoms with van der Waals surface area (Å²) in [7, 11) is 0. The molecule has 1 aromatic rings. The number of rotatable bonds is 1. The van der Waals surface area contributed by atoms with Crippen molar-refractivity contribution in [3.63, 3.8) is 0 Å². The van der Waals surface area contributed by atoms with Gasteiger partial charge in [-0.3, -0.25) is 9.98 Å². The summed E-state index contributed by atoms with van der Waals surface area (Å²) in [5.41, 5.74) is 4.72. The molecule has 2 aliphatic heterocycles. The van der Waals surface area contributed by atoms with Crippen LogP contribution < -0.4 is 0 Å². The Morgan fingerprint density at radius 2 is 1.88 bits per heavy atom. The van der Waals surface area contributed by atoms with Crippen LogP contribution in [0, 0.1) is 11.3 Å². The lowest BCUT2D eigenvalue weighted by Crippen LogP contribution is -2.01. The first-order valence-corrected chi connectivity index (χ1v) is 4.91. The number of hydrogen-bond donors (Lipinski definition) is 0. The number of aliphatic imine (C=N–C) groups is 2. The fraction of sp³-hybridized carbons (Fsp3) is 0. The summed E-state index contributed by atoms with van der Waals surface area (Å²) in [5.74, 6) is 0. The van der Waals surface area contributed by atoms with Gasteiger partial charge in [-0.25, -0.2) is 0 Å². The van der Waals surface area contributed by atoms with Crippen molar-refractivity contribution >= 4 is 11.9 Å². The van der Waals surface area contributed by atoms with E-state index in [1.165, 1.54) is 0 Å². The Kier molecular flexibility index (Phi) is 1.81. The minimum atomic E-state index is 0.659. The van der Waals surface area contributed by atoms with Crippen LogP contribution >= 0.6 is 0 Å². The molecule has 0 aliphatic carbocycles. The third kappa shape index (κ3) is 1.21. The topological polar surface area (TPSA) is 48.5 Å². The first-order chi connectivity index (χ1) is 7.88. The first kappa shape index (κ1) is 8.81. The summed E-state index contributed by atoms with van der Waals surface area (Å²) >= 11 is 0. The fourth-order valence-corrected chi connectivity index (χ4v) is 1.77. The predicted molar refractivity (Wildman–Crippen MR) is 62.4 cm³/mol. The summed E-state index contributed by atoms with van der Waals surface area (Å²) in [6.07, 6.45) is 5.43. The van der Waals surface area contributed by atoms with Crippen LogP contribution in [0.4, 0.5) is 0 Å². The van der Waals surface area contributed by atoms with Gasteiger partial charge in [-0.05, 0) is 12.1 Å². The molecule has 16 heavy (non-hydrogen) atoms. The number of allylic oxidation sites excluding steroid dienone is 2. The lowest BCUT2D eigenvalue weighted by Gasteiger charge is -2.02. The van der Waals surface area contributed by atoms with E-state index in [9.17, 15) is 0 Å². The van der Waals surface area contributed by atoms with Crippen molar-refractivity contribution in [3.8, 4) is 6.07 Å². The van der Waals surface area contributed by atoms with Crippen LogP contribution in [0.3, 0.4) is 0 Å². The molecule has 0 amide bonds. The molecule has 0 atom stereocenters. The van der Waals surface area contributed by atoms with Crippen LogP contribution in [0.15, 0.2) is 57.8 Å². The Balaban J connectivity index is 1.98. The van der Waals surface area contributed by atoms with Gasteiger partial charge in [0, 0.05) is 35.3 Å². The third-order valence-corrected chi connectivity index (χ3v) is 2.60. The van der Waals surface area contributed by atoms with E-state index in [4.69, 9.17) is 5.26 Å². The third-order valence-electron chi connectivity index (χ3n) is 2.60. The van der Waals surface area contributed by atoms with Crippen molar-refractivity contribution < 1.29 is 0 Å². The molecule has 0 saturated carbocycles. The van der Waals surface area contributed by atoms with Crippen molar-refractivity contribution in [1.29, 1.82) is 5.26 Å². The molecule has 74 valence electrons. The molecule has 2 heterocycles. The molecule has 0 aromatic heterocycles. The van der Waals surface area contributed by atoms with Crippen molar-refractivity contribution in [2.75, 3.05) is 0 Å². The second-order valence-electron chi connectivity index (χ2n) is 3.57. The van der Waals surface area contributed by atoms with Gasteiger partial charge < -0.3 is 0 Å². The van der Waals surface area contributed by atoms with E-state index < -0.39 is 0 Å². The van der Waals surface area contributed by atoms with Crippen LogP contribution in [-0.2, 0) is 0 Å². The molecule has 0 N–H and O–H groups in total. The maximum atomic E-state index is 8.72. The van der Waals surface area contributed by atoms with Crippen molar-refractivity contribution in [2.24, 2.45) is 9.98 Å². The van der Waals surface area contributed by atoms with Crippen LogP contribution in [0.1, 0.15) is 11.1 Å². The van der Waals surface area contributed by atoms with Gasteiger partial charge in [0.1, 0.15) is 0 Å². The molecule has 3 rings (SSSR count). The highest BCUT2D eigenvalue weighted by atomic mass is 14.8. The molecule has 0 radical (unpaired) electrons. The fourth-order valence-electron chi connectivity index (χ4n) is 1.77. The van der Waals surface area contributed by atoms with Gasteiger partial charge in [-0.1, -0.05) is 12.1 Å². The molecule has 0 fully saturated rings. The average Bonchev–Trinajstić information content (AvgIpc) is 2.91. The van der Waals surface area contributed by atoms with E-state index in [2.05, 4.69) is 16.1 Å². The van der Waals surface area contributed by atoms with Gasteiger partial charge >= 0.3 is 0 Å². The molecule has 0 spiro atoms. The zero-order chi connectivity index (χ0) is 11.0. The molecular weight excluding hydrogens is 198 g/mol. The highest BCUT2D eigenvalue weighted by molar-refractivity contribution is 6.22. The lowest BCUT2D eigenvalue weighted by atomic mass is 10.00. The van der Waals surface area contributed by atoms with E-state index in [1.54, 1.807) is 18.3 Å². The van der Waals surface area contributed by atoms with Gasteiger partial charge in [0.15, 0.2) is 0 Å². The number of nitrogens with zero attached hydrogens (tertiary/aromatic N) is 3. The van der Waals surface area contributed by atoms with Crippen LogP contribution in [0.2, 0.25) is 0 Å². The van der Waals surface area contributed by atoms with Crippen LogP contribution in [0.25, 0.3) is 0 Å². The SMILES string of the molecule is N#Cc1ccc(C2=NC=C3C=NC=C32)cc1. The van der Waals surface area contributed by atoms with Gasteiger partial charge in [0.25, 0.3) is 0 Å². The molecule has 2 aliphatic rings. The van der Waals surface area contributed by atoms with Crippen LogP contribution in [0.5, 0.6) is 0 Å². The predicted octanol–water partition coefficient (Wildman–Crippen LogP) is 2.21. The second-order valence-corrected chi connectivity index (χ2v) is 3.57. The van der Waals surface area contributed by atoms with Gasteiger partial charge in [0.05, 0.1) is 17.3 Å². The van der Waals surface area contributed by atoms with Crippen molar-refractivity contribution in [2.45, 2.75) is 0 Å². The summed E-state index contributed by atoms with van der Waals surface area (Å²) in [6, 6.07) is 9.51. The minimum Gasteiger partial charge on any atom is -0.263 e. The van der Waals surface area contributed by atoms with Crippen LogP contribution in [-0.4, -0.2) is 11.9 Å². The molecular formula is C13H7N3. The number of fused-ring (bicyclic) bond motifs is 1. The van der Waals surface area contributed by atoms with Crippen molar-refractivity contribution in [1.82, 2.24) is 0 Å². The van der Waals surface area contributed by atoms with Gasteiger partial charge in [-0.2, -0.15) is 5.26 Å². The highest BCUT2D eigenvalue weighted by Gasteiger charge is 2.20. The second kappa shape index (κ2) is 3.28. The molecule has 0 saturated heterocycles. The van der Waals surface area contributed by atoms with E-state index >= 15 is 0 Å². The lowest BCUT2D eigenvalue weighted by molar-refractivity contribution is 1.47. The Morgan fingerprint density at radius 1 is 1.06 bits per heavy atom. The highest BCUT2D eigenvalue weighted by Crippen LogP contribution is 2.25. The molecule has 3 heteroatoms. The molecule has 1 aromatic carbocycles. The minimum absolute atomic E-state index is 0.659. The quantitative estimate of drug-likeness (QED) is 0.693. The van der Waals surface area contributed by atoms with Gasteiger partial charge in [0.2, 0.25) is 0 Å². The zero-order valence-electron chi connectivity index (χ0n) is 8.38. The summed E-state index contributed by atoms with van der Waals surface area (Å²) in [6.45, 7) is 0. The number of nitriles is 1. The maximum absolute atomic E-state index is 8.72. The summed E-state index contributed by atoms with van der Waals surface area (Å²) < 4.78 is 0. The Labute approximate surface area is 92.8 Å². The molecule has 0 unspecified atom stereocenters. The number of benzene rings is 1. The Morgan fingerprint density at radius 3 is 2.62 bits per heavy atom. The van der Waals surface area contributed by atoms with E-state index in [0.29, 0.717) is 5.56 Å². The zero-order valence-corrected chi connectivity index (χ0v) is 8.38.